The molecular weight excluding hydrogens is 264 g/mol. The van der Waals surface area contributed by atoms with Gasteiger partial charge in [0.05, 0.1) is 0 Å². The number of ether oxygens (including phenoxy) is 1. The first kappa shape index (κ1) is 14.2. The van der Waals surface area contributed by atoms with Crippen LogP contribution in [0.3, 0.4) is 0 Å². The summed E-state index contributed by atoms with van der Waals surface area (Å²) in [4.78, 5) is 14.5. The smallest absolute Gasteiger partial charge is 0.260 e. The van der Waals surface area contributed by atoms with E-state index in [4.69, 9.17) is 10.5 Å². The molecule has 0 bridgehead atoms. The number of amides is 1. The molecule has 2 unspecified atom stereocenters. The van der Waals surface area contributed by atoms with Crippen molar-refractivity contribution in [3.8, 4) is 5.75 Å². The molecule has 3 rings (SSSR count). The second-order valence-electron chi connectivity index (χ2n) is 6.20. The first-order valence-corrected chi connectivity index (χ1v) is 8.02. The van der Waals surface area contributed by atoms with E-state index in [-0.39, 0.29) is 12.5 Å². The number of hydrogen-bond donors (Lipinski definition) is 1. The molecule has 0 aromatic heterocycles. The predicted octanol–water partition coefficient (Wildman–Crippen LogP) is 2.83. The monoisotopic (exact) mass is 288 g/mol. The summed E-state index contributed by atoms with van der Waals surface area (Å²) < 4.78 is 5.61. The lowest BCUT2D eigenvalue weighted by atomic mass is 9.78. The number of nitrogens with zero attached hydrogens (tertiary/aromatic N) is 1. The lowest BCUT2D eigenvalue weighted by molar-refractivity contribution is -0.139. The molecule has 1 aromatic carbocycles. The average Bonchev–Trinajstić information content (AvgIpc) is 2.52. The van der Waals surface area contributed by atoms with Crippen LogP contribution in [-0.2, 0) is 4.79 Å². The Labute approximate surface area is 126 Å². The molecule has 1 saturated heterocycles. The number of nitrogen functional groups attached to an aromatic ring is 1. The van der Waals surface area contributed by atoms with E-state index in [0.717, 1.165) is 19.4 Å². The first-order chi connectivity index (χ1) is 10.2. The molecule has 1 heterocycles. The maximum Gasteiger partial charge on any atom is 0.260 e. The molecule has 4 heteroatoms. The van der Waals surface area contributed by atoms with Gasteiger partial charge in [0.2, 0.25) is 0 Å². The summed E-state index contributed by atoms with van der Waals surface area (Å²) in [6, 6.07) is 7.69. The highest BCUT2D eigenvalue weighted by molar-refractivity contribution is 5.78. The number of hydrogen-bond acceptors (Lipinski definition) is 3. The molecule has 4 nitrogen and oxygen atoms in total. The van der Waals surface area contributed by atoms with Crippen molar-refractivity contribution in [1.82, 2.24) is 4.90 Å². The van der Waals surface area contributed by atoms with Crippen molar-refractivity contribution in [3.05, 3.63) is 24.3 Å². The Balaban J connectivity index is 1.59. The number of carbonyl (C=O) groups excluding carboxylic acids is 1. The zero-order valence-electron chi connectivity index (χ0n) is 12.5. The van der Waals surface area contributed by atoms with Crippen molar-refractivity contribution < 1.29 is 9.53 Å². The van der Waals surface area contributed by atoms with Gasteiger partial charge in [0.15, 0.2) is 6.61 Å². The van der Waals surface area contributed by atoms with Crippen LogP contribution < -0.4 is 10.5 Å². The van der Waals surface area contributed by atoms with Crippen LogP contribution in [0.2, 0.25) is 0 Å². The Bertz CT molecular complexity index is 501. The topological polar surface area (TPSA) is 55.6 Å². The largest absolute Gasteiger partial charge is 0.484 e. The molecule has 114 valence electrons. The zero-order chi connectivity index (χ0) is 14.7. The van der Waals surface area contributed by atoms with Crippen molar-refractivity contribution in [1.29, 1.82) is 0 Å². The number of carbonyl (C=O) groups is 1. The second-order valence-corrected chi connectivity index (χ2v) is 6.20. The molecule has 1 saturated carbocycles. The standard InChI is InChI=1S/C17H24N2O2/c18-14-7-3-8-15(11-14)21-12-17(20)19-10-4-6-13-5-1-2-9-16(13)19/h3,7-8,11,13,16H,1-2,4-6,9-10,12,18H2. The molecule has 2 fully saturated rings. The van der Waals surface area contributed by atoms with E-state index in [1.807, 2.05) is 18.2 Å². The normalized spacial score (nSPS) is 25.2. The fourth-order valence-electron chi connectivity index (χ4n) is 3.77. The molecule has 2 aliphatic rings. The van der Waals surface area contributed by atoms with E-state index in [0.29, 0.717) is 23.4 Å². The Morgan fingerprint density at radius 1 is 1.24 bits per heavy atom. The quantitative estimate of drug-likeness (QED) is 0.870. The summed E-state index contributed by atoms with van der Waals surface area (Å²) >= 11 is 0. The molecule has 2 atom stereocenters. The summed E-state index contributed by atoms with van der Waals surface area (Å²) in [7, 11) is 0. The molecule has 1 aromatic rings. The third-order valence-electron chi connectivity index (χ3n) is 4.78. The molecule has 0 radical (unpaired) electrons. The molecule has 1 amide bonds. The average molecular weight is 288 g/mol. The van der Waals surface area contributed by atoms with Crippen LogP contribution in [0.25, 0.3) is 0 Å². The van der Waals surface area contributed by atoms with Gasteiger partial charge in [-0.15, -0.1) is 0 Å². The number of fused-ring (bicyclic) bond motifs is 1. The maximum absolute atomic E-state index is 12.5. The summed E-state index contributed by atoms with van der Waals surface area (Å²) in [5.41, 5.74) is 6.38. The third kappa shape index (κ3) is 3.31. The Morgan fingerprint density at radius 2 is 2.05 bits per heavy atom. The summed E-state index contributed by atoms with van der Waals surface area (Å²) in [6.45, 7) is 1.01. The third-order valence-corrected chi connectivity index (χ3v) is 4.78. The lowest BCUT2D eigenvalue weighted by Gasteiger charge is -2.44. The van der Waals surface area contributed by atoms with Crippen LogP contribution in [0.4, 0.5) is 5.69 Å². The highest BCUT2D eigenvalue weighted by Crippen LogP contribution is 2.35. The van der Waals surface area contributed by atoms with Gasteiger partial charge in [0.1, 0.15) is 5.75 Å². The Hall–Kier alpha value is -1.71. The van der Waals surface area contributed by atoms with Gasteiger partial charge in [0, 0.05) is 24.3 Å². The Morgan fingerprint density at radius 3 is 2.90 bits per heavy atom. The van der Waals surface area contributed by atoms with Gasteiger partial charge in [-0.2, -0.15) is 0 Å². The van der Waals surface area contributed by atoms with Gasteiger partial charge in [0.25, 0.3) is 5.91 Å². The molecule has 2 N–H and O–H groups in total. The molecule has 21 heavy (non-hydrogen) atoms. The van der Waals surface area contributed by atoms with Crippen LogP contribution in [-0.4, -0.2) is 30.0 Å². The van der Waals surface area contributed by atoms with Crippen molar-refractivity contribution in [2.45, 2.75) is 44.6 Å². The minimum Gasteiger partial charge on any atom is -0.484 e. The molecule has 0 spiro atoms. The van der Waals surface area contributed by atoms with Crippen LogP contribution in [0, 0.1) is 5.92 Å². The van der Waals surface area contributed by atoms with E-state index in [9.17, 15) is 4.79 Å². The fourth-order valence-corrected chi connectivity index (χ4v) is 3.77. The number of piperidine rings is 1. The maximum atomic E-state index is 12.5. The van der Waals surface area contributed by atoms with E-state index in [2.05, 4.69) is 4.90 Å². The van der Waals surface area contributed by atoms with E-state index < -0.39 is 0 Å². The minimum atomic E-state index is 0.118. The molecule has 1 aliphatic heterocycles. The van der Waals surface area contributed by atoms with Crippen molar-refractivity contribution >= 4 is 11.6 Å². The molecule has 1 aliphatic carbocycles. The van der Waals surface area contributed by atoms with Gasteiger partial charge in [-0.05, 0) is 43.7 Å². The highest BCUT2D eigenvalue weighted by Gasteiger charge is 2.35. The van der Waals surface area contributed by atoms with Crippen molar-refractivity contribution in [2.75, 3.05) is 18.9 Å². The van der Waals surface area contributed by atoms with Crippen LogP contribution in [0.15, 0.2) is 24.3 Å². The number of benzene rings is 1. The van der Waals surface area contributed by atoms with Gasteiger partial charge in [-0.25, -0.2) is 0 Å². The number of nitrogens with two attached hydrogens (primary N) is 1. The number of likely N-dealkylation sites (tertiary alicyclic amines) is 1. The van der Waals surface area contributed by atoms with Crippen LogP contribution in [0.5, 0.6) is 5.75 Å². The minimum absolute atomic E-state index is 0.118. The zero-order valence-corrected chi connectivity index (χ0v) is 12.5. The van der Waals surface area contributed by atoms with Crippen LogP contribution >= 0.6 is 0 Å². The lowest BCUT2D eigenvalue weighted by Crippen LogP contribution is -2.51. The van der Waals surface area contributed by atoms with E-state index in [1.54, 1.807) is 6.07 Å². The first-order valence-electron chi connectivity index (χ1n) is 8.02. The molecular formula is C17H24N2O2. The van der Waals surface area contributed by atoms with Crippen LogP contribution in [0.1, 0.15) is 38.5 Å². The summed E-state index contributed by atoms with van der Waals surface area (Å²) in [6.07, 6.45) is 7.43. The summed E-state index contributed by atoms with van der Waals surface area (Å²) in [5, 5.41) is 0. The summed E-state index contributed by atoms with van der Waals surface area (Å²) in [5.74, 6) is 1.50. The van der Waals surface area contributed by atoms with Gasteiger partial charge in [-0.3, -0.25) is 4.79 Å². The Kier molecular flexibility index (Phi) is 4.32. The number of anilines is 1. The van der Waals surface area contributed by atoms with Crippen molar-refractivity contribution in [3.63, 3.8) is 0 Å². The van der Waals surface area contributed by atoms with Crippen molar-refractivity contribution in [2.24, 2.45) is 5.92 Å². The van der Waals surface area contributed by atoms with E-state index in [1.165, 1.54) is 25.7 Å². The van der Waals surface area contributed by atoms with Gasteiger partial charge < -0.3 is 15.4 Å². The number of rotatable bonds is 3. The fraction of sp³-hybridized carbons (Fsp3) is 0.588. The second kappa shape index (κ2) is 6.37. The van der Waals surface area contributed by atoms with E-state index >= 15 is 0 Å². The van der Waals surface area contributed by atoms with Gasteiger partial charge in [-0.1, -0.05) is 18.9 Å². The predicted molar refractivity (Wildman–Crippen MR) is 83.0 cm³/mol. The van der Waals surface area contributed by atoms with Gasteiger partial charge >= 0.3 is 0 Å². The highest BCUT2D eigenvalue weighted by atomic mass is 16.5. The SMILES string of the molecule is Nc1cccc(OCC(=O)N2CCCC3CCCCC32)c1.